The fourth-order valence-corrected chi connectivity index (χ4v) is 2.87. The lowest BCUT2D eigenvalue weighted by molar-refractivity contribution is -0.138. The van der Waals surface area contributed by atoms with Gasteiger partial charge in [-0.15, -0.1) is 0 Å². The fraction of sp³-hybridized carbons (Fsp3) is 0.500. The largest absolute Gasteiger partial charge is 0.496 e. The number of methoxy groups -OCH3 is 1. The zero-order chi connectivity index (χ0) is 15.9. The van der Waals surface area contributed by atoms with Crippen LogP contribution in [0.15, 0.2) is 24.3 Å². The van der Waals surface area contributed by atoms with Gasteiger partial charge in [-0.3, -0.25) is 14.5 Å². The fourth-order valence-electron chi connectivity index (χ4n) is 2.87. The number of nitrogens with zero attached hydrogens (tertiary/aromatic N) is 1. The van der Waals surface area contributed by atoms with E-state index in [4.69, 9.17) is 9.84 Å². The zero-order valence-corrected chi connectivity index (χ0v) is 12.7. The highest BCUT2D eigenvalue weighted by molar-refractivity contribution is 5.82. The Balaban J connectivity index is 1.93. The van der Waals surface area contributed by atoms with E-state index in [-0.39, 0.29) is 25.0 Å². The highest BCUT2D eigenvalue weighted by atomic mass is 16.5. The number of carboxylic acids is 1. The Morgan fingerprint density at radius 3 is 2.91 bits per heavy atom. The summed E-state index contributed by atoms with van der Waals surface area (Å²) in [7, 11) is 1.66. The number of likely N-dealkylation sites (tertiary alicyclic amines) is 1. The Hall–Kier alpha value is -2.08. The molecule has 2 N–H and O–H groups in total. The molecule has 1 saturated heterocycles. The predicted octanol–water partition coefficient (Wildman–Crippen LogP) is 0.903. The van der Waals surface area contributed by atoms with Gasteiger partial charge in [0.25, 0.3) is 0 Å². The number of carboxylic acid groups (broad SMARTS) is 1. The summed E-state index contributed by atoms with van der Waals surface area (Å²) in [6.45, 7) is 0.775. The van der Waals surface area contributed by atoms with Crippen molar-refractivity contribution in [1.29, 1.82) is 0 Å². The number of hydrogen-bond acceptors (Lipinski definition) is 4. The first-order chi connectivity index (χ1) is 10.6. The van der Waals surface area contributed by atoms with E-state index in [0.717, 1.165) is 37.1 Å². The summed E-state index contributed by atoms with van der Waals surface area (Å²) >= 11 is 0. The standard InChI is InChI=1S/C16H22N2O4/c1-22-14-7-3-2-5-12(14)9-13-6-4-8-18(13)11-15(19)17-10-16(20)21/h2-3,5,7,13H,4,6,8-11H2,1H3,(H,17,19)(H,20,21). The van der Waals surface area contributed by atoms with Crippen molar-refractivity contribution in [1.82, 2.24) is 10.2 Å². The molecule has 1 amide bonds. The van der Waals surface area contributed by atoms with Gasteiger partial charge >= 0.3 is 5.97 Å². The van der Waals surface area contributed by atoms with Gasteiger partial charge in [0.1, 0.15) is 12.3 Å². The smallest absolute Gasteiger partial charge is 0.322 e. The minimum absolute atomic E-state index is 0.241. The van der Waals surface area contributed by atoms with Crippen LogP contribution in [-0.4, -0.2) is 54.7 Å². The number of nitrogens with one attached hydrogen (secondary N) is 1. The number of benzene rings is 1. The number of carbonyl (C=O) groups is 2. The second kappa shape index (κ2) is 7.79. The number of para-hydroxylation sites is 1. The Morgan fingerprint density at radius 1 is 1.41 bits per heavy atom. The monoisotopic (exact) mass is 306 g/mol. The Labute approximate surface area is 130 Å². The molecule has 1 aliphatic rings. The lowest BCUT2D eigenvalue weighted by Gasteiger charge is -2.24. The maximum atomic E-state index is 11.8. The minimum Gasteiger partial charge on any atom is -0.496 e. The summed E-state index contributed by atoms with van der Waals surface area (Å²) in [6.07, 6.45) is 2.91. The first kappa shape index (κ1) is 16.3. The van der Waals surface area contributed by atoms with Gasteiger partial charge in [-0.05, 0) is 37.4 Å². The summed E-state index contributed by atoms with van der Waals surface area (Å²) in [4.78, 5) is 24.4. The van der Waals surface area contributed by atoms with E-state index in [2.05, 4.69) is 10.2 Å². The van der Waals surface area contributed by atoms with E-state index in [0.29, 0.717) is 0 Å². The molecule has 6 heteroatoms. The van der Waals surface area contributed by atoms with Crippen LogP contribution in [0.5, 0.6) is 5.75 Å². The van der Waals surface area contributed by atoms with Crippen molar-refractivity contribution in [2.45, 2.75) is 25.3 Å². The Kier molecular flexibility index (Phi) is 5.77. The average Bonchev–Trinajstić information content (AvgIpc) is 2.93. The molecule has 22 heavy (non-hydrogen) atoms. The van der Waals surface area contributed by atoms with Crippen LogP contribution in [0.1, 0.15) is 18.4 Å². The number of amides is 1. The molecule has 0 aromatic heterocycles. The average molecular weight is 306 g/mol. The molecule has 120 valence electrons. The molecule has 0 aliphatic carbocycles. The third-order valence-corrected chi connectivity index (χ3v) is 3.93. The van der Waals surface area contributed by atoms with E-state index >= 15 is 0 Å². The lowest BCUT2D eigenvalue weighted by atomic mass is 10.0. The van der Waals surface area contributed by atoms with Crippen LogP contribution in [0.2, 0.25) is 0 Å². The van der Waals surface area contributed by atoms with Crippen LogP contribution in [0, 0.1) is 0 Å². The first-order valence-electron chi connectivity index (χ1n) is 7.44. The molecule has 0 bridgehead atoms. The number of carbonyl (C=O) groups excluding carboxylic acids is 1. The SMILES string of the molecule is COc1ccccc1CC1CCCN1CC(=O)NCC(=O)O. The van der Waals surface area contributed by atoms with Crippen LogP contribution in [0.25, 0.3) is 0 Å². The lowest BCUT2D eigenvalue weighted by Crippen LogP contribution is -2.42. The normalized spacial score (nSPS) is 18.1. The Morgan fingerprint density at radius 2 is 2.18 bits per heavy atom. The van der Waals surface area contributed by atoms with Crippen molar-refractivity contribution in [2.24, 2.45) is 0 Å². The molecule has 2 rings (SSSR count). The van der Waals surface area contributed by atoms with Crippen LogP contribution < -0.4 is 10.1 Å². The topological polar surface area (TPSA) is 78.9 Å². The second-order valence-corrected chi connectivity index (χ2v) is 5.45. The highest BCUT2D eigenvalue weighted by Gasteiger charge is 2.27. The molecule has 1 fully saturated rings. The molecular weight excluding hydrogens is 284 g/mol. The maximum Gasteiger partial charge on any atom is 0.322 e. The summed E-state index contributed by atoms with van der Waals surface area (Å²) < 4.78 is 5.37. The predicted molar refractivity (Wildman–Crippen MR) is 81.9 cm³/mol. The van der Waals surface area contributed by atoms with Crippen molar-refractivity contribution in [3.63, 3.8) is 0 Å². The number of aliphatic carboxylic acids is 1. The van der Waals surface area contributed by atoms with Crippen molar-refractivity contribution in [2.75, 3.05) is 26.7 Å². The van der Waals surface area contributed by atoms with E-state index in [9.17, 15) is 9.59 Å². The van der Waals surface area contributed by atoms with Gasteiger partial charge in [-0.1, -0.05) is 18.2 Å². The van der Waals surface area contributed by atoms with Crippen LogP contribution >= 0.6 is 0 Å². The van der Waals surface area contributed by atoms with Gasteiger partial charge in [0.05, 0.1) is 13.7 Å². The Bertz CT molecular complexity index is 533. The molecule has 1 atom stereocenters. The van der Waals surface area contributed by atoms with Gasteiger partial charge in [-0.25, -0.2) is 0 Å². The summed E-state index contributed by atoms with van der Waals surface area (Å²) in [5, 5.41) is 11.0. The molecule has 0 saturated carbocycles. The number of hydrogen-bond donors (Lipinski definition) is 2. The van der Waals surface area contributed by atoms with E-state index in [1.807, 2.05) is 24.3 Å². The van der Waals surface area contributed by atoms with E-state index in [1.54, 1.807) is 7.11 Å². The molecule has 1 aliphatic heterocycles. The van der Waals surface area contributed by atoms with Crippen molar-refractivity contribution in [3.05, 3.63) is 29.8 Å². The summed E-state index contributed by atoms with van der Waals surface area (Å²) in [6, 6.07) is 8.19. The van der Waals surface area contributed by atoms with Gasteiger partial charge in [0.15, 0.2) is 0 Å². The van der Waals surface area contributed by atoms with E-state index < -0.39 is 5.97 Å². The molecule has 0 radical (unpaired) electrons. The van der Waals surface area contributed by atoms with Crippen molar-refractivity contribution in [3.8, 4) is 5.75 Å². The summed E-state index contributed by atoms with van der Waals surface area (Å²) in [5.41, 5.74) is 1.13. The zero-order valence-electron chi connectivity index (χ0n) is 12.7. The molecule has 1 aromatic carbocycles. The van der Waals surface area contributed by atoms with Gasteiger partial charge in [0.2, 0.25) is 5.91 Å². The molecule has 0 spiro atoms. The quantitative estimate of drug-likeness (QED) is 0.782. The summed E-state index contributed by atoms with van der Waals surface area (Å²) in [5.74, 6) is -0.403. The van der Waals surface area contributed by atoms with Gasteiger partial charge < -0.3 is 15.2 Å². The first-order valence-corrected chi connectivity index (χ1v) is 7.44. The molecule has 1 unspecified atom stereocenters. The molecule has 6 nitrogen and oxygen atoms in total. The van der Waals surface area contributed by atoms with E-state index in [1.165, 1.54) is 0 Å². The van der Waals surface area contributed by atoms with Gasteiger partial charge in [0, 0.05) is 6.04 Å². The van der Waals surface area contributed by atoms with Crippen molar-refractivity contribution < 1.29 is 19.4 Å². The maximum absolute atomic E-state index is 11.8. The third kappa shape index (κ3) is 4.46. The number of ether oxygens (including phenoxy) is 1. The molecule has 1 heterocycles. The minimum atomic E-state index is -1.03. The highest BCUT2D eigenvalue weighted by Crippen LogP contribution is 2.25. The number of rotatable bonds is 7. The molecule has 1 aromatic rings. The van der Waals surface area contributed by atoms with Gasteiger partial charge in [-0.2, -0.15) is 0 Å². The van der Waals surface area contributed by atoms with Crippen molar-refractivity contribution >= 4 is 11.9 Å². The third-order valence-electron chi connectivity index (χ3n) is 3.93. The second-order valence-electron chi connectivity index (χ2n) is 5.45. The van der Waals surface area contributed by atoms with Crippen LogP contribution in [-0.2, 0) is 16.0 Å². The van der Waals surface area contributed by atoms with Crippen LogP contribution in [0.4, 0.5) is 0 Å². The molecular formula is C16H22N2O4. The van der Waals surface area contributed by atoms with Crippen LogP contribution in [0.3, 0.4) is 0 Å².